The zero-order valence-corrected chi connectivity index (χ0v) is 19.5. The number of ether oxygens (including phenoxy) is 1. The number of imide groups is 1. The first-order valence-electron chi connectivity index (χ1n) is 11.8. The minimum Gasteiger partial charge on any atom is -0.480 e. The molecule has 0 bridgehead atoms. The lowest BCUT2D eigenvalue weighted by Crippen LogP contribution is -2.42. The average molecular weight is 482 g/mol. The van der Waals surface area contributed by atoms with Crippen LogP contribution in [0.5, 0.6) is 0 Å². The Morgan fingerprint density at radius 2 is 1.51 bits per heavy atom. The van der Waals surface area contributed by atoms with Crippen LogP contribution in [0.15, 0.2) is 48.5 Å². The normalized spacial score (nSPS) is 12.8. The summed E-state index contributed by atoms with van der Waals surface area (Å²) in [5.41, 5.74) is 9.70. The number of unbranched alkanes of at least 4 members (excludes halogenated alkanes) is 2. The summed E-state index contributed by atoms with van der Waals surface area (Å²) < 4.78 is 5.33. The number of alkyl carbamates (subject to hydrolysis) is 1. The molecule has 0 fully saturated rings. The molecule has 0 heterocycles. The molecule has 35 heavy (non-hydrogen) atoms. The van der Waals surface area contributed by atoms with Gasteiger partial charge in [0, 0.05) is 18.8 Å². The number of hydrogen-bond acceptors (Lipinski definition) is 6. The lowest BCUT2D eigenvalue weighted by atomic mass is 9.98. The smallest absolute Gasteiger partial charge is 0.413 e. The Labute approximate surface area is 204 Å². The van der Waals surface area contributed by atoms with E-state index < -0.39 is 29.9 Å². The fraction of sp³-hybridized carbons (Fsp3) is 0.385. The third-order valence-corrected chi connectivity index (χ3v) is 5.99. The van der Waals surface area contributed by atoms with Gasteiger partial charge in [-0.25, -0.2) is 9.59 Å². The van der Waals surface area contributed by atoms with Gasteiger partial charge >= 0.3 is 12.1 Å². The number of rotatable bonds is 12. The number of benzene rings is 2. The van der Waals surface area contributed by atoms with Crippen LogP contribution < -0.4 is 16.4 Å². The van der Waals surface area contributed by atoms with Gasteiger partial charge in [0.2, 0.25) is 11.8 Å². The summed E-state index contributed by atoms with van der Waals surface area (Å²) in [5, 5.41) is 13.9. The maximum Gasteiger partial charge on any atom is 0.413 e. The molecule has 9 heteroatoms. The molecule has 186 valence electrons. The van der Waals surface area contributed by atoms with Crippen LogP contribution in [0.1, 0.15) is 55.6 Å². The highest BCUT2D eigenvalue weighted by molar-refractivity contribution is 5.92. The third kappa shape index (κ3) is 7.13. The molecular formula is C26H31N3O6. The number of nitrogens with one attached hydrogen (secondary N) is 2. The largest absolute Gasteiger partial charge is 0.480 e. The van der Waals surface area contributed by atoms with Gasteiger partial charge in [0.05, 0.1) is 0 Å². The number of amides is 3. The van der Waals surface area contributed by atoms with E-state index in [0.29, 0.717) is 13.0 Å². The predicted molar refractivity (Wildman–Crippen MR) is 130 cm³/mol. The summed E-state index contributed by atoms with van der Waals surface area (Å²) >= 11 is 0. The van der Waals surface area contributed by atoms with Crippen molar-refractivity contribution in [3.8, 4) is 11.1 Å². The van der Waals surface area contributed by atoms with Crippen LogP contribution in [-0.2, 0) is 19.1 Å². The standard InChI is InChI=1S/C26H31N3O6/c27-15-7-1-2-12-23(30)28-22(25(32)33)13-14-24(31)29-26(34)35-16-21-19-10-5-3-8-17(19)18-9-4-6-11-20(18)21/h3-6,8-11,21-22H,1-2,7,12-16,27H2,(H,28,30)(H,32,33)(H,29,31,34)/t22-/m0/s1. The van der Waals surface area contributed by atoms with E-state index in [4.69, 9.17) is 10.5 Å². The van der Waals surface area contributed by atoms with Crippen LogP contribution in [-0.4, -0.2) is 48.2 Å². The molecule has 5 N–H and O–H groups in total. The first-order chi connectivity index (χ1) is 16.9. The van der Waals surface area contributed by atoms with Crippen LogP contribution in [0.2, 0.25) is 0 Å². The Morgan fingerprint density at radius 3 is 2.11 bits per heavy atom. The van der Waals surface area contributed by atoms with E-state index in [0.717, 1.165) is 35.1 Å². The molecule has 0 saturated carbocycles. The number of fused-ring (bicyclic) bond motifs is 3. The van der Waals surface area contributed by atoms with Gasteiger partial charge in [-0.1, -0.05) is 55.0 Å². The van der Waals surface area contributed by atoms with E-state index in [2.05, 4.69) is 10.6 Å². The number of hydrogen-bond donors (Lipinski definition) is 4. The van der Waals surface area contributed by atoms with E-state index in [1.54, 1.807) is 0 Å². The number of carbonyl (C=O) groups excluding carboxylic acids is 3. The zero-order chi connectivity index (χ0) is 25.2. The van der Waals surface area contributed by atoms with E-state index >= 15 is 0 Å². The van der Waals surface area contributed by atoms with Gasteiger partial charge in [0.1, 0.15) is 12.6 Å². The van der Waals surface area contributed by atoms with Crippen molar-refractivity contribution in [2.24, 2.45) is 5.73 Å². The summed E-state index contributed by atoms with van der Waals surface area (Å²) in [6.07, 6.45) is 1.08. The Morgan fingerprint density at radius 1 is 0.886 bits per heavy atom. The van der Waals surface area contributed by atoms with Gasteiger partial charge < -0.3 is 20.9 Å². The molecular weight excluding hydrogens is 450 g/mol. The molecule has 0 saturated heterocycles. The fourth-order valence-electron chi connectivity index (χ4n) is 4.22. The van der Waals surface area contributed by atoms with Crippen LogP contribution in [0.4, 0.5) is 4.79 Å². The number of aliphatic carboxylic acids is 1. The van der Waals surface area contributed by atoms with Crippen molar-refractivity contribution in [2.45, 2.75) is 50.5 Å². The first-order valence-corrected chi connectivity index (χ1v) is 11.8. The quantitative estimate of drug-likeness (QED) is 0.341. The Hall–Kier alpha value is -3.72. The molecule has 2 aromatic rings. The predicted octanol–water partition coefficient (Wildman–Crippen LogP) is 2.92. The second-order valence-electron chi connectivity index (χ2n) is 8.47. The van der Waals surface area contributed by atoms with Gasteiger partial charge in [0.15, 0.2) is 0 Å². The van der Waals surface area contributed by atoms with Crippen LogP contribution in [0.25, 0.3) is 11.1 Å². The minimum absolute atomic E-state index is 0.0606. The van der Waals surface area contributed by atoms with Crippen molar-refractivity contribution in [3.05, 3.63) is 59.7 Å². The van der Waals surface area contributed by atoms with Gasteiger partial charge in [-0.2, -0.15) is 0 Å². The van der Waals surface area contributed by atoms with Gasteiger partial charge in [-0.15, -0.1) is 0 Å². The topological polar surface area (TPSA) is 148 Å². The average Bonchev–Trinajstić information content (AvgIpc) is 3.16. The Balaban J connectivity index is 1.45. The second-order valence-corrected chi connectivity index (χ2v) is 8.47. The van der Waals surface area contributed by atoms with Crippen molar-refractivity contribution in [1.29, 1.82) is 0 Å². The second kappa shape index (κ2) is 12.7. The first kappa shape index (κ1) is 25.9. The highest BCUT2D eigenvalue weighted by Gasteiger charge is 2.29. The van der Waals surface area contributed by atoms with Crippen molar-refractivity contribution < 1.29 is 29.0 Å². The van der Waals surface area contributed by atoms with Gasteiger partial charge in [0.25, 0.3) is 0 Å². The number of carbonyl (C=O) groups is 4. The molecule has 1 atom stereocenters. The van der Waals surface area contributed by atoms with E-state index in [-0.39, 0.29) is 31.8 Å². The molecule has 0 radical (unpaired) electrons. The molecule has 3 amide bonds. The Kier molecular flexibility index (Phi) is 9.37. The monoisotopic (exact) mass is 481 g/mol. The summed E-state index contributed by atoms with van der Waals surface area (Å²) in [6.45, 7) is 0.600. The van der Waals surface area contributed by atoms with E-state index in [1.807, 2.05) is 48.5 Å². The van der Waals surface area contributed by atoms with Crippen LogP contribution in [0, 0.1) is 0 Å². The van der Waals surface area contributed by atoms with Crippen molar-refractivity contribution in [1.82, 2.24) is 10.6 Å². The van der Waals surface area contributed by atoms with Gasteiger partial charge in [-0.3, -0.25) is 14.9 Å². The van der Waals surface area contributed by atoms with Crippen LogP contribution >= 0.6 is 0 Å². The fourth-order valence-corrected chi connectivity index (χ4v) is 4.22. The molecule has 2 aromatic carbocycles. The van der Waals surface area contributed by atoms with Gasteiger partial charge in [-0.05, 0) is 48.1 Å². The summed E-state index contributed by atoms with van der Waals surface area (Å²) in [7, 11) is 0. The minimum atomic E-state index is -1.24. The number of nitrogens with two attached hydrogens (primary N) is 1. The molecule has 3 rings (SSSR count). The highest BCUT2D eigenvalue weighted by Crippen LogP contribution is 2.44. The third-order valence-electron chi connectivity index (χ3n) is 5.99. The van der Waals surface area contributed by atoms with E-state index in [1.165, 1.54) is 0 Å². The lowest BCUT2D eigenvalue weighted by Gasteiger charge is -2.15. The maximum absolute atomic E-state index is 12.2. The van der Waals surface area contributed by atoms with Crippen LogP contribution in [0.3, 0.4) is 0 Å². The SMILES string of the molecule is NCCCCCC(=O)N[C@@H](CCC(=O)NC(=O)OCC1c2ccccc2-c2ccccc21)C(=O)O. The number of carboxylic acids is 1. The summed E-state index contributed by atoms with van der Waals surface area (Å²) in [6, 6.07) is 14.6. The van der Waals surface area contributed by atoms with E-state index in [9.17, 15) is 24.3 Å². The molecule has 1 aliphatic carbocycles. The van der Waals surface area contributed by atoms with Crippen molar-refractivity contribution in [3.63, 3.8) is 0 Å². The summed E-state index contributed by atoms with van der Waals surface area (Å²) in [4.78, 5) is 47.8. The summed E-state index contributed by atoms with van der Waals surface area (Å²) in [5.74, 6) is -2.45. The Bertz CT molecular complexity index is 1030. The molecule has 1 aliphatic rings. The molecule has 9 nitrogen and oxygen atoms in total. The number of carboxylic acid groups (broad SMARTS) is 1. The van der Waals surface area contributed by atoms with Crippen molar-refractivity contribution in [2.75, 3.05) is 13.2 Å². The maximum atomic E-state index is 12.2. The lowest BCUT2D eigenvalue weighted by molar-refractivity contribution is -0.142. The molecule has 0 aromatic heterocycles. The highest BCUT2D eigenvalue weighted by atomic mass is 16.5. The van der Waals surface area contributed by atoms with Crippen molar-refractivity contribution >= 4 is 23.9 Å². The molecule has 0 aliphatic heterocycles. The zero-order valence-electron chi connectivity index (χ0n) is 19.5. The molecule has 0 unspecified atom stereocenters. The molecule has 0 spiro atoms.